The molecule has 3 nitrogen and oxygen atoms in total. The van der Waals surface area contributed by atoms with Crippen molar-refractivity contribution in [1.29, 1.82) is 0 Å². The molecule has 0 aromatic heterocycles. The molecule has 96 valence electrons. The second-order valence-corrected chi connectivity index (χ2v) is 5.52. The molecule has 0 fully saturated rings. The SMILES string of the molecule is CCCC(C)(CN(C)C(C)C(C)C)C(=O)O. The Morgan fingerprint density at radius 3 is 2.19 bits per heavy atom. The van der Waals surface area contributed by atoms with Crippen molar-refractivity contribution < 1.29 is 9.90 Å². The monoisotopic (exact) mass is 229 g/mol. The first kappa shape index (κ1) is 15.4. The zero-order chi connectivity index (χ0) is 12.9. The molecule has 2 atom stereocenters. The van der Waals surface area contributed by atoms with Gasteiger partial charge in [0.15, 0.2) is 0 Å². The summed E-state index contributed by atoms with van der Waals surface area (Å²) in [5.74, 6) is -0.137. The lowest BCUT2D eigenvalue weighted by atomic mass is 9.84. The summed E-state index contributed by atoms with van der Waals surface area (Å²) in [6.07, 6.45) is 1.64. The molecule has 0 amide bonds. The summed E-state index contributed by atoms with van der Waals surface area (Å²) in [7, 11) is 2.02. The smallest absolute Gasteiger partial charge is 0.310 e. The van der Waals surface area contributed by atoms with E-state index in [2.05, 4.69) is 25.7 Å². The number of carbonyl (C=O) groups is 1. The van der Waals surface area contributed by atoms with Gasteiger partial charge in [-0.1, -0.05) is 27.2 Å². The molecule has 0 aromatic rings. The van der Waals surface area contributed by atoms with Gasteiger partial charge in [0.05, 0.1) is 5.41 Å². The quantitative estimate of drug-likeness (QED) is 0.729. The molecule has 0 saturated carbocycles. The van der Waals surface area contributed by atoms with Gasteiger partial charge in [0, 0.05) is 12.6 Å². The van der Waals surface area contributed by atoms with Crippen LogP contribution in [0.2, 0.25) is 0 Å². The van der Waals surface area contributed by atoms with Gasteiger partial charge in [-0.2, -0.15) is 0 Å². The summed E-state index contributed by atoms with van der Waals surface area (Å²) >= 11 is 0. The third-order valence-corrected chi connectivity index (χ3v) is 3.58. The fraction of sp³-hybridized carbons (Fsp3) is 0.923. The van der Waals surface area contributed by atoms with E-state index in [4.69, 9.17) is 0 Å². The molecule has 0 heterocycles. The standard InChI is InChI=1S/C13H27NO2/c1-7-8-13(5,12(15)16)9-14(6)11(4)10(2)3/h10-11H,7-9H2,1-6H3,(H,15,16). The first-order valence-electron chi connectivity index (χ1n) is 6.18. The number of carboxylic acid groups (broad SMARTS) is 1. The van der Waals surface area contributed by atoms with Crippen molar-refractivity contribution in [1.82, 2.24) is 4.90 Å². The van der Waals surface area contributed by atoms with Crippen molar-refractivity contribution in [3.05, 3.63) is 0 Å². The molecule has 1 N–H and O–H groups in total. The number of nitrogens with zero attached hydrogens (tertiary/aromatic N) is 1. The predicted octanol–water partition coefficient (Wildman–Crippen LogP) is 2.85. The topological polar surface area (TPSA) is 40.5 Å². The summed E-state index contributed by atoms with van der Waals surface area (Å²) in [6.45, 7) is 11.0. The predicted molar refractivity (Wildman–Crippen MR) is 67.6 cm³/mol. The summed E-state index contributed by atoms with van der Waals surface area (Å²) < 4.78 is 0. The van der Waals surface area contributed by atoms with Crippen LogP contribution in [0.1, 0.15) is 47.5 Å². The van der Waals surface area contributed by atoms with Gasteiger partial charge in [0.1, 0.15) is 0 Å². The molecule has 0 saturated heterocycles. The number of carboxylic acids is 1. The lowest BCUT2D eigenvalue weighted by molar-refractivity contribution is -0.149. The number of rotatable bonds is 7. The number of hydrogen-bond donors (Lipinski definition) is 1. The normalized spacial score (nSPS) is 17.5. The van der Waals surface area contributed by atoms with Gasteiger partial charge in [0.2, 0.25) is 0 Å². The van der Waals surface area contributed by atoms with Gasteiger partial charge in [-0.15, -0.1) is 0 Å². The van der Waals surface area contributed by atoms with Crippen molar-refractivity contribution in [3.63, 3.8) is 0 Å². The third kappa shape index (κ3) is 4.12. The van der Waals surface area contributed by atoms with E-state index >= 15 is 0 Å². The zero-order valence-corrected chi connectivity index (χ0v) is 11.6. The third-order valence-electron chi connectivity index (χ3n) is 3.58. The first-order valence-corrected chi connectivity index (χ1v) is 6.18. The fourth-order valence-electron chi connectivity index (χ4n) is 2.01. The van der Waals surface area contributed by atoms with Gasteiger partial charge >= 0.3 is 5.97 Å². The van der Waals surface area contributed by atoms with Crippen molar-refractivity contribution in [2.75, 3.05) is 13.6 Å². The van der Waals surface area contributed by atoms with Crippen molar-refractivity contribution in [3.8, 4) is 0 Å². The summed E-state index contributed by atoms with van der Waals surface area (Å²) in [4.78, 5) is 13.5. The van der Waals surface area contributed by atoms with E-state index in [0.29, 0.717) is 18.5 Å². The van der Waals surface area contributed by atoms with Crippen LogP contribution in [-0.2, 0) is 4.79 Å². The Balaban J connectivity index is 4.57. The molecule has 0 bridgehead atoms. The summed E-state index contributed by atoms with van der Waals surface area (Å²) in [6, 6.07) is 0.413. The highest BCUT2D eigenvalue weighted by Crippen LogP contribution is 2.26. The van der Waals surface area contributed by atoms with Crippen LogP contribution < -0.4 is 0 Å². The van der Waals surface area contributed by atoms with E-state index in [0.717, 1.165) is 12.8 Å². The van der Waals surface area contributed by atoms with Gasteiger partial charge in [-0.3, -0.25) is 4.79 Å². The van der Waals surface area contributed by atoms with E-state index < -0.39 is 11.4 Å². The van der Waals surface area contributed by atoms with Crippen LogP contribution in [0, 0.1) is 11.3 Å². The molecule has 16 heavy (non-hydrogen) atoms. The zero-order valence-electron chi connectivity index (χ0n) is 11.6. The minimum Gasteiger partial charge on any atom is -0.481 e. The van der Waals surface area contributed by atoms with Crippen LogP contribution in [0.5, 0.6) is 0 Å². The largest absolute Gasteiger partial charge is 0.481 e. The summed E-state index contributed by atoms with van der Waals surface area (Å²) in [5.41, 5.74) is -0.618. The Hall–Kier alpha value is -0.570. The Bertz CT molecular complexity index is 228. The van der Waals surface area contributed by atoms with E-state index in [1.807, 2.05) is 20.9 Å². The molecule has 2 unspecified atom stereocenters. The van der Waals surface area contributed by atoms with Crippen molar-refractivity contribution >= 4 is 5.97 Å². The molecular formula is C13H27NO2. The Kier molecular flexibility index (Phi) is 6.01. The highest BCUT2D eigenvalue weighted by molar-refractivity contribution is 5.74. The Morgan fingerprint density at radius 2 is 1.88 bits per heavy atom. The van der Waals surface area contributed by atoms with Crippen molar-refractivity contribution in [2.24, 2.45) is 11.3 Å². The van der Waals surface area contributed by atoms with Crippen LogP contribution in [0.3, 0.4) is 0 Å². The van der Waals surface area contributed by atoms with Crippen LogP contribution in [-0.4, -0.2) is 35.6 Å². The second kappa shape index (κ2) is 6.24. The average molecular weight is 229 g/mol. The fourth-order valence-corrected chi connectivity index (χ4v) is 2.01. The molecule has 0 aromatic carbocycles. The molecule has 0 aliphatic carbocycles. The minimum absolute atomic E-state index is 0.413. The Labute approximate surface area is 99.8 Å². The maximum absolute atomic E-state index is 11.3. The average Bonchev–Trinajstić information content (AvgIpc) is 2.16. The lowest BCUT2D eigenvalue weighted by Crippen LogP contribution is -2.44. The molecule has 3 heteroatoms. The molecule has 0 aliphatic rings. The van der Waals surface area contributed by atoms with E-state index in [-0.39, 0.29) is 0 Å². The van der Waals surface area contributed by atoms with E-state index in [9.17, 15) is 9.90 Å². The molecule has 0 spiro atoms. The molecular weight excluding hydrogens is 202 g/mol. The molecule has 0 rings (SSSR count). The Morgan fingerprint density at radius 1 is 1.38 bits per heavy atom. The minimum atomic E-state index is -0.683. The maximum atomic E-state index is 11.3. The second-order valence-electron chi connectivity index (χ2n) is 5.52. The highest BCUT2D eigenvalue weighted by atomic mass is 16.4. The first-order chi connectivity index (χ1) is 7.24. The number of hydrogen-bond acceptors (Lipinski definition) is 2. The van der Waals surface area contributed by atoms with E-state index in [1.165, 1.54) is 0 Å². The summed E-state index contributed by atoms with van der Waals surface area (Å²) in [5, 5.41) is 9.31. The highest BCUT2D eigenvalue weighted by Gasteiger charge is 2.34. The van der Waals surface area contributed by atoms with Crippen LogP contribution in [0.4, 0.5) is 0 Å². The molecule has 0 aliphatic heterocycles. The van der Waals surface area contributed by atoms with Crippen LogP contribution in [0.15, 0.2) is 0 Å². The molecule has 0 radical (unpaired) electrons. The van der Waals surface area contributed by atoms with Gasteiger partial charge in [-0.25, -0.2) is 0 Å². The van der Waals surface area contributed by atoms with Crippen LogP contribution >= 0.6 is 0 Å². The van der Waals surface area contributed by atoms with E-state index in [1.54, 1.807) is 0 Å². The van der Waals surface area contributed by atoms with Gasteiger partial charge < -0.3 is 10.0 Å². The van der Waals surface area contributed by atoms with Crippen LogP contribution in [0.25, 0.3) is 0 Å². The van der Waals surface area contributed by atoms with Crippen molar-refractivity contribution in [2.45, 2.75) is 53.5 Å². The maximum Gasteiger partial charge on any atom is 0.310 e. The van der Waals surface area contributed by atoms with Gasteiger partial charge in [-0.05, 0) is 33.2 Å². The number of aliphatic carboxylic acids is 1. The lowest BCUT2D eigenvalue weighted by Gasteiger charge is -2.35. The van der Waals surface area contributed by atoms with Gasteiger partial charge in [0.25, 0.3) is 0 Å².